The minimum Gasteiger partial charge on any atom is -0.344 e. The van der Waals surface area contributed by atoms with Crippen molar-refractivity contribution >= 4 is 0 Å². The lowest BCUT2D eigenvalue weighted by molar-refractivity contribution is 0.331. The Bertz CT molecular complexity index is 431. The van der Waals surface area contributed by atoms with Gasteiger partial charge in [0.05, 0.1) is 11.4 Å². The highest BCUT2D eigenvalue weighted by atomic mass is 15.2. The number of hydrogen-bond acceptors (Lipinski definition) is 2. The number of nitrogens with zero attached hydrogens (tertiary/aromatic N) is 2. The average molecular weight is 212 g/mol. The summed E-state index contributed by atoms with van der Waals surface area (Å²) in [6.07, 6.45) is 13.3. The molecule has 0 aromatic rings. The van der Waals surface area contributed by atoms with E-state index >= 15 is 0 Å². The van der Waals surface area contributed by atoms with Gasteiger partial charge in [-0.1, -0.05) is 0 Å². The van der Waals surface area contributed by atoms with Crippen molar-refractivity contribution < 1.29 is 0 Å². The maximum Gasteiger partial charge on any atom is 0.0650 e. The van der Waals surface area contributed by atoms with Crippen LogP contribution in [0.2, 0.25) is 0 Å². The van der Waals surface area contributed by atoms with Gasteiger partial charge in [0.25, 0.3) is 0 Å². The first kappa shape index (κ1) is 9.52. The second-order valence-corrected chi connectivity index (χ2v) is 4.57. The second kappa shape index (κ2) is 3.41. The van der Waals surface area contributed by atoms with Crippen molar-refractivity contribution in [2.45, 2.75) is 13.8 Å². The third kappa shape index (κ3) is 1.42. The Labute approximate surface area is 96.5 Å². The standard InChI is InChI=1S/C14H16N2/c1-11-3-5-15-7-8-16-6-4-12(2)10-14(16)13(15)9-11/h3-6,9-10H,7-8H2,1-2H3. The van der Waals surface area contributed by atoms with Crippen molar-refractivity contribution in [3.8, 4) is 0 Å². The van der Waals surface area contributed by atoms with Crippen LogP contribution in [0.5, 0.6) is 0 Å². The Kier molecular flexibility index (Phi) is 2.03. The number of rotatable bonds is 0. The fourth-order valence-corrected chi connectivity index (χ4v) is 2.32. The molecule has 2 heteroatoms. The predicted octanol–water partition coefficient (Wildman–Crippen LogP) is 2.76. The molecule has 0 fully saturated rings. The molecule has 3 rings (SSSR count). The molecule has 0 bridgehead atoms. The summed E-state index contributed by atoms with van der Waals surface area (Å²) >= 11 is 0. The van der Waals surface area contributed by atoms with Crippen molar-refractivity contribution in [3.05, 3.63) is 59.2 Å². The zero-order valence-electron chi connectivity index (χ0n) is 9.77. The molecule has 0 saturated heterocycles. The molecule has 0 aromatic heterocycles. The van der Waals surface area contributed by atoms with E-state index in [1.54, 1.807) is 0 Å². The molecule has 2 nitrogen and oxygen atoms in total. The minimum atomic E-state index is 1.07. The van der Waals surface area contributed by atoms with Crippen molar-refractivity contribution in [1.29, 1.82) is 0 Å². The molecular formula is C14H16N2. The first-order valence-corrected chi connectivity index (χ1v) is 5.74. The molecule has 0 saturated carbocycles. The van der Waals surface area contributed by atoms with Gasteiger partial charge in [0.2, 0.25) is 0 Å². The summed E-state index contributed by atoms with van der Waals surface area (Å²) < 4.78 is 0. The Balaban J connectivity index is 2.12. The van der Waals surface area contributed by atoms with Crippen LogP contribution >= 0.6 is 0 Å². The topological polar surface area (TPSA) is 6.48 Å². The maximum atomic E-state index is 2.34. The van der Waals surface area contributed by atoms with Crippen LogP contribution in [-0.2, 0) is 0 Å². The smallest absolute Gasteiger partial charge is 0.0650 e. The lowest BCUT2D eigenvalue weighted by Gasteiger charge is -2.38. The molecule has 0 N–H and O–H groups in total. The second-order valence-electron chi connectivity index (χ2n) is 4.57. The first-order chi connectivity index (χ1) is 7.74. The number of allylic oxidation sites excluding steroid dienone is 6. The van der Waals surface area contributed by atoms with Crippen LogP contribution in [0.4, 0.5) is 0 Å². The summed E-state index contributed by atoms with van der Waals surface area (Å²) in [4.78, 5) is 4.67. The van der Waals surface area contributed by atoms with E-state index in [0.717, 1.165) is 13.1 Å². The summed E-state index contributed by atoms with van der Waals surface area (Å²) in [5.41, 5.74) is 5.30. The van der Waals surface area contributed by atoms with E-state index in [4.69, 9.17) is 0 Å². The SMILES string of the molecule is CC1=CC2=C3C=C(C)C=CN3CCN2C=C1. The van der Waals surface area contributed by atoms with Crippen molar-refractivity contribution in [3.63, 3.8) is 0 Å². The lowest BCUT2D eigenvalue weighted by Crippen LogP contribution is -2.37. The Morgan fingerprint density at radius 3 is 1.69 bits per heavy atom. The van der Waals surface area contributed by atoms with Crippen molar-refractivity contribution in [1.82, 2.24) is 9.80 Å². The summed E-state index contributed by atoms with van der Waals surface area (Å²) in [6, 6.07) is 0. The molecule has 0 aliphatic carbocycles. The highest BCUT2D eigenvalue weighted by Gasteiger charge is 2.23. The van der Waals surface area contributed by atoms with Gasteiger partial charge in [-0.25, -0.2) is 0 Å². The van der Waals surface area contributed by atoms with Crippen LogP contribution in [0.3, 0.4) is 0 Å². The van der Waals surface area contributed by atoms with E-state index in [-0.39, 0.29) is 0 Å². The van der Waals surface area contributed by atoms with Crippen LogP contribution < -0.4 is 0 Å². The summed E-state index contributed by atoms with van der Waals surface area (Å²) in [7, 11) is 0. The van der Waals surface area contributed by atoms with E-state index in [0.29, 0.717) is 0 Å². The van der Waals surface area contributed by atoms with Gasteiger partial charge in [-0.15, -0.1) is 0 Å². The molecule has 0 aromatic carbocycles. The Morgan fingerprint density at radius 2 is 1.25 bits per heavy atom. The molecule has 3 aliphatic heterocycles. The van der Waals surface area contributed by atoms with Gasteiger partial charge in [0, 0.05) is 25.5 Å². The van der Waals surface area contributed by atoms with Gasteiger partial charge in [0.15, 0.2) is 0 Å². The highest BCUT2D eigenvalue weighted by Crippen LogP contribution is 2.29. The van der Waals surface area contributed by atoms with Gasteiger partial charge in [0.1, 0.15) is 0 Å². The predicted molar refractivity (Wildman–Crippen MR) is 66.2 cm³/mol. The largest absolute Gasteiger partial charge is 0.344 e. The molecule has 0 atom stereocenters. The minimum absolute atomic E-state index is 1.07. The normalized spacial score (nSPS) is 22.9. The van der Waals surface area contributed by atoms with Crippen LogP contribution in [0.1, 0.15) is 13.8 Å². The fraction of sp³-hybridized carbons (Fsp3) is 0.286. The van der Waals surface area contributed by atoms with Crippen LogP contribution in [-0.4, -0.2) is 22.9 Å². The van der Waals surface area contributed by atoms with E-state index in [2.05, 4.69) is 60.4 Å². The average Bonchev–Trinajstić information content (AvgIpc) is 2.29. The molecule has 82 valence electrons. The fourth-order valence-electron chi connectivity index (χ4n) is 2.32. The van der Waals surface area contributed by atoms with E-state index in [1.165, 1.54) is 22.5 Å². The van der Waals surface area contributed by atoms with E-state index in [1.807, 2.05) is 0 Å². The Hall–Kier alpha value is -1.70. The third-order valence-electron chi connectivity index (χ3n) is 3.23. The molecule has 0 unspecified atom stereocenters. The number of fused-ring (bicyclic) bond motifs is 2. The highest BCUT2D eigenvalue weighted by molar-refractivity contribution is 5.45. The summed E-state index contributed by atoms with van der Waals surface area (Å²) in [6.45, 7) is 6.43. The molecule has 3 aliphatic rings. The van der Waals surface area contributed by atoms with Crippen LogP contribution in [0, 0.1) is 0 Å². The van der Waals surface area contributed by atoms with Crippen molar-refractivity contribution in [2.24, 2.45) is 0 Å². The molecule has 0 spiro atoms. The maximum absolute atomic E-state index is 2.34. The molecular weight excluding hydrogens is 196 g/mol. The van der Waals surface area contributed by atoms with Gasteiger partial charge in [-0.2, -0.15) is 0 Å². The van der Waals surface area contributed by atoms with Gasteiger partial charge >= 0.3 is 0 Å². The van der Waals surface area contributed by atoms with Crippen molar-refractivity contribution in [2.75, 3.05) is 13.1 Å². The summed E-state index contributed by atoms with van der Waals surface area (Å²) in [5.74, 6) is 0. The van der Waals surface area contributed by atoms with Gasteiger partial charge in [-0.3, -0.25) is 0 Å². The van der Waals surface area contributed by atoms with Crippen LogP contribution in [0.15, 0.2) is 59.2 Å². The lowest BCUT2D eigenvalue weighted by atomic mass is 10.0. The first-order valence-electron chi connectivity index (χ1n) is 5.74. The van der Waals surface area contributed by atoms with Gasteiger partial charge < -0.3 is 9.80 Å². The Morgan fingerprint density at radius 1 is 0.812 bits per heavy atom. The van der Waals surface area contributed by atoms with E-state index < -0.39 is 0 Å². The zero-order valence-corrected chi connectivity index (χ0v) is 9.77. The van der Waals surface area contributed by atoms with Crippen LogP contribution in [0.25, 0.3) is 0 Å². The van der Waals surface area contributed by atoms with E-state index in [9.17, 15) is 0 Å². The monoisotopic (exact) mass is 212 g/mol. The summed E-state index contributed by atoms with van der Waals surface area (Å²) in [5, 5.41) is 0. The molecule has 3 heterocycles. The molecule has 0 amide bonds. The zero-order chi connectivity index (χ0) is 11.1. The molecule has 0 radical (unpaired) electrons. The number of hydrogen-bond donors (Lipinski definition) is 0. The van der Waals surface area contributed by atoms with Gasteiger partial charge in [-0.05, 0) is 49.3 Å². The third-order valence-corrected chi connectivity index (χ3v) is 3.23. The quantitative estimate of drug-likeness (QED) is 0.609. The molecule has 16 heavy (non-hydrogen) atoms.